The minimum atomic E-state index is -0.767. The molecule has 0 bridgehead atoms. The average Bonchev–Trinajstić information content (AvgIpc) is 2.89. The quantitative estimate of drug-likeness (QED) is 0.811. The molecule has 2 fully saturated rings. The van der Waals surface area contributed by atoms with Crippen LogP contribution in [0, 0.1) is 0 Å². The first-order valence-corrected chi connectivity index (χ1v) is 8.26. The van der Waals surface area contributed by atoms with Crippen molar-refractivity contribution in [1.29, 1.82) is 0 Å². The molecule has 2 saturated heterocycles. The monoisotopic (exact) mass is 323 g/mol. The second kappa shape index (κ2) is 7.37. The Morgan fingerprint density at radius 2 is 2.04 bits per heavy atom. The van der Waals surface area contributed by atoms with E-state index in [0.717, 1.165) is 70.4 Å². The fourth-order valence-electron chi connectivity index (χ4n) is 3.43. The minimum absolute atomic E-state index is 0.106. The number of nitrogens with zero attached hydrogens (tertiary/aromatic N) is 5. The van der Waals surface area contributed by atoms with Crippen molar-refractivity contribution in [2.75, 3.05) is 45.9 Å². The van der Waals surface area contributed by atoms with E-state index in [0.29, 0.717) is 0 Å². The number of ether oxygens (including phenoxy) is 1. The van der Waals surface area contributed by atoms with Gasteiger partial charge in [0.05, 0.1) is 26.3 Å². The molecule has 0 spiro atoms. The molecule has 0 unspecified atom stereocenters. The van der Waals surface area contributed by atoms with Crippen LogP contribution in [-0.4, -0.2) is 81.6 Å². The number of carboxylic acids is 1. The smallest absolute Gasteiger partial charge is 0.317 e. The van der Waals surface area contributed by atoms with E-state index in [1.165, 1.54) is 0 Å². The van der Waals surface area contributed by atoms with Crippen molar-refractivity contribution in [3.63, 3.8) is 0 Å². The van der Waals surface area contributed by atoms with Crippen LogP contribution in [0.4, 0.5) is 0 Å². The van der Waals surface area contributed by atoms with Gasteiger partial charge >= 0.3 is 5.97 Å². The molecule has 2 aliphatic heterocycles. The van der Waals surface area contributed by atoms with E-state index >= 15 is 0 Å². The summed E-state index contributed by atoms with van der Waals surface area (Å²) in [5.41, 5.74) is 0. The number of carboxylic acid groups (broad SMARTS) is 1. The zero-order chi connectivity index (χ0) is 16.2. The molecule has 1 atom stereocenters. The van der Waals surface area contributed by atoms with Crippen LogP contribution in [0.25, 0.3) is 0 Å². The summed E-state index contributed by atoms with van der Waals surface area (Å²) in [5.74, 6) is 1.44. The number of likely N-dealkylation sites (tertiary alicyclic amines) is 1. The second-order valence-electron chi connectivity index (χ2n) is 6.39. The average molecular weight is 323 g/mol. The summed E-state index contributed by atoms with van der Waals surface area (Å²) in [6, 6.07) is 0. The largest absolute Gasteiger partial charge is 0.480 e. The lowest BCUT2D eigenvalue weighted by atomic mass is 9.97. The van der Waals surface area contributed by atoms with Crippen LogP contribution < -0.4 is 0 Å². The number of hydrogen-bond donors (Lipinski definition) is 1. The van der Waals surface area contributed by atoms with E-state index in [9.17, 15) is 4.79 Å². The van der Waals surface area contributed by atoms with E-state index in [1.807, 2.05) is 11.9 Å². The van der Waals surface area contributed by atoms with E-state index in [4.69, 9.17) is 9.84 Å². The number of piperidine rings is 1. The van der Waals surface area contributed by atoms with Gasteiger partial charge in [-0.3, -0.25) is 14.6 Å². The third kappa shape index (κ3) is 4.07. The molecule has 0 radical (unpaired) electrons. The Bertz CT molecular complexity index is 541. The van der Waals surface area contributed by atoms with Crippen molar-refractivity contribution in [3.05, 3.63) is 11.6 Å². The van der Waals surface area contributed by atoms with Crippen molar-refractivity contribution in [2.24, 2.45) is 7.05 Å². The molecule has 8 nitrogen and oxygen atoms in total. The van der Waals surface area contributed by atoms with Crippen LogP contribution in [0.2, 0.25) is 0 Å². The number of morpholine rings is 1. The highest BCUT2D eigenvalue weighted by Crippen LogP contribution is 2.25. The summed E-state index contributed by atoms with van der Waals surface area (Å²) in [6.07, 6.45) is 2.04. The molecule has 3 rings (SSSR count). The maximum Gasteiger partial charge on any atom is 0.317 e. The molecule has 23 heavy (non-hydrogen) atoms. The first kappa shape index (κ1) is 16.4. The molecule has 0 aliphatic carbocycles. The van der Waals surface area contributed by atoms with Gasteiger partial charge < -0.3 is 14.4 Å². The topological polar surface area (TPSA) is 83.7 Å². The molecule has 1 N–H and O–H groups in total. The Hall–Kier alpha value is -1.51. The van der Waals surface area contributed by atoms with Crippen molar-refractivity contribution in [1.82, 2.24) is 24.6 Å². The van der Waals surface area contributed by atoms with Crippen LogP contribution in [-0.2, 0) is 23.1 Å². The van der Waals surface area contributed by atoms with Gasteiger partial charge in [-0.1, -0.05) is 0 Å². The van der Waals surface area contributed by atoms with E-state index in [2.05, 4.69) is 19.7 Å². The standard InChI is InChI=1S/C15H25N5O3/c1-18-13(10-19-5-7-23-8-6-19)16-17-15(18)12-3-2-4-20(9-12)11-14(21)22/h12H,2-11H2,1H3,(H,21,22)/t12-/m1/s1. The number of hydrogen-bond acceptors (Lipinski definition) is 6. The lowest BCUT2D eigenvalue weighted by Gasteiger charge is -2.31. The van der Waals surface area contributed by atoms with E-state index < -0.39 is 5.97 Å². The Balaban J connectivity index is 1.64. The highest BCUT2D eigenvalue weighted by atomic mass is 16.5. The van der Waals surface area contributed by atoms with Gasteiger partial charge in [0, 0.05) is 32.6 Å². The predicted octanol–water partition coefficient (Wildman–Crippen LogP) is -0.0887. The molecule has 1 aromatic rings. The summed E-state index contributed by atoms with van der Waals surface area (Å²) in [5, 5.41) is 17.7. The van der Waals surface area contributed by atoms with Gasteiger partial charge in [-0.2, -0.15) is 0 Å². The molecule has 0 aromatic carbocycles. The lowest BCUT2D eigenvalue weighted by Crippen LogP contribution is -2.38. The van der Waals surface area contributed by atoms with Gasteiger partial charge in [0.2, 0.25) is 0 Å². The summed E-state index contributed by atoms with van der Waals surface area (Å²) in [7, 11) is 2.02. The van der Waals surface area contributed by atoms with E-state index in [-0.39, 0.29) is 12.5 Å². The van der Waals surface area contributed by atoms with Crippen LogP contribution in [0.15, 0.2) is 0 Å². The van der Waals surface area contributed by atoms with Crippen molar-refractivity contribution in [2.45, 2.75) is 25.3 Å². The maximum absolute atomic E-state index is 10.9. The maximum atomic E-state index is 10.9. The number of aliphatic carboxylic acids is 1. The van der Waals surface area contributed by atoms with Gasteiger partial charge in [-0.05, 0) is 19.4 Å². The summed E-state index contributed by atoms with van der Waals surface area (Å²) < 4.78 is 7.46. The van der Waals surface area contributed by atoms with Gasteiger partial charge in [0.15, 0.2) is 0 Å². The zero-order valence-electron chi connectivity index (χ0n) is 13.6. The van der Waals surface area contributed by atoms with Crippen molar-refractivity contribution >= 4 is 5.97 Å². The summed E-state index contributed by atoms with van der Waals surface area (Å²) in [6.45, 7) is 5.90. The molecule has 128 valence electrons. The predicted molar refractivity (Wildman–Crippen MR) is 83.1 cm³/mol. The third-order valence-corrected chi connectivity index (χ3v) is 4.70. The van der Waals surface area contributed by atoms with Gasteiger partial charge in [0.1, 0.15) is 11.6 Å². The molecular weight excluding hydrogens is 298 g/mol. The molecule has 0 saturated carbocycles. The Morgan fingerprint density at radius 3 is 2.78 bits per heavy atom. The summed E-state index contributed by atoms with van der Waals surface area (Å²) in [4.78, 5) is 15.2. The van der Waals surface area contributed by atoms with E-state index in [1.54, 1.807) is 0 Å². The SMILES string of the molecule is Cn1c(CN2CCOCC2)nnc1[C@@H]1CCCN(CC(=O)O)C1. The molecule has 0 amide bonds. The molecule has 8 heteroatoms. The number of rotatable bonds is 5. The number of carbonyl (C=O) groups is 1. The zero-order valence-corrected chi connectivity index (χ0v) is 13.6. The Labute approximate surface area is 136 Å². The van der Waals surface area contributed by atoms with Crippen molar-refractivity contribution in [3.8, 4) is 0 Å². The minimum Gasteiger partial charge on any atom is -0.480 e. The highest BCUT2D eigenvalue weighted by Gasteiger charge is 2.27. The van der Waals surface area contributed by atoms with Crippen LogP contribution >= 0.6 is 0 Å². The van der Waals surface area contributed by atoms with Crippen molar-refractivity contribution < 1.29 is 14.6 Å². The first-order chi connectivity index (χ1) is 11.1. The Kier molecular flexibility index (Phi) is 5.24. The molecule has 1 aromatic heterocycles. The molecule has 2 aliphatic rings. The number of aromatic nitrogens is 3. The first-order valence-electron chi connectivity index (χ1n) is 8.26. The normalized spacial score (nSPS) is 24.0. The van der Waals surface area contributed by atoms with Gasteiger partial charge in [-0.15, -0.1) is 10.2 Å². The van der Waals surface area contributed by atoms with Crippen LogP contribution in [0.1, 0.15) is 30.4 Å². The van der Waals surface area contributed by atoms with Gasteiger partial charge in [0.25, 0.3) is 0 Å². The third-order valence-electron chi connectivity index (χ3n) is 4.70. The Morgan fingerprint density at radius 1 is 1.26 bits per heavy atom. The molecular formula is C15H25N5O3. The van der Waals surface area contributed by atoms with Crippen LogP contribution in [0.5, 0.6) is 0 Å². The summed E-state index contributed by atoms with van der Waals surface area (Å²) >= 11 is 0. The second-order valence-corrected chi connectivity index (χ2v) is 6.39. The fourth-order valence-corrected chi connectivity index (χ4v) is 3.43. The van der Waals surface area contributed by atoms with Crippen LogP contribution in [0.3, 0.4) is 0 Å². The fraction of sp³-hybridized carbons (Fsp3) is 0.800. The highest BCUT2D eigenvalue weighted by molar-refractivity contribution is 5.69. The van der Waals surface area contributed by atoms with Gasteiger partial charge in [-0.25, -0.2) is 0 Å². The molecule has 3 heterocycles. The lowest BCUT2D eigenvalue weighted by molar-refractivity contribution is -0.138.